The van der Waals surface area contributed by atoms with Crippen LogP contribution in [0.4, 0.5) is 5.69 Å². The van der Waals surface area contributed by atoms with Crippen LogP contribution in [-0.4, -0.2) is 192 Å². The predicted octanol–water partition coefficient (Wildman–Crippen LogP) is 3.39. The molecule has 3 aliphatic rings. The van der Waals surface area contributed by atoms with Crippen LogP contribution in [0.1, 0.15) is 119 Å². The first kappa shape index (κ1) is 59.3. The third-order valence-electron chi connectivity index (χ3n) is 15.8. The third kappa shape index (κ3) is 13.8. The lowest BCUT2D eigenvalue weighted by atomic mass is 9.77. The standard InChI is InChI=1S/C51H84N6O15/c1-15-40-51(11,64)44(60)32(6)55(13)26-28(2)24-49(9,63)46(30(4)43(31(5)47(62)70-40)71-41-25-50(10,67-14)45(61)34(8)69-41)72-48-42(59)39(22-29(3)68-48)54(12)21-20-36-27-56(53-52-36)38(33(7)58)23-35-16-18-37(19-17-35)57(65)66/h16-19,27-32,34,38-46,48,59-61,63-64H,15,20-26H2,1-14H3/t28-,29-,30+,31-,32-,34+,38+,39+,40-,41+,42-,43+,44-,45+,46-,48+,49-,50-,51-/m1/s1. The maximum atomic E-state index is 14.5. The van der Waals surface area contributed by atoms with Gasteiger partial charge in [0.05, 0.1) is 52.2 Å². The number of hydrogen-bond donors (Lipinski definition) is 5. The summed E-state index contributed by atoms with van der Waals surface area (Å²) in [7, 11) is 5.17. The van der Waals surface area contributed by atoms with Gasteiger partial charge in [-0.15, -0.1) is 5.10 Å². The molecule has 0 aliphatic carbocycles. The average Bonchev–Trinajstić information content (AvgIpc) is 3.79. The van der Waals surface area contributed by atoms with Crippen LogP contribution >= 0.6 is 0 Å². The Morgan fingerprint density at radius 3 is 2.26 bits per heavy atom. The molecule has 0 unspecified atom stereocenters. The molecule has 19 atom stereocenters. The molecule has 3 fully saturated rings. The van der Waals surface area contributed by atoms with E-state index in [4.69, 9.17) is 28.4 Å². The number of nitro groups is 1. The lowest BCUT2D eigenvalue weighted by molar-refractivity contribution is -0.384. The van der Waals surface area contributed by atoms with Crippen LogP contribution in [0.2, 0.25) is 0 Å². The van der Waals surface area contributed by atoms with Crippen LogP contribution in [0.25, 0.3) is 0 Å². The van der Waals surface area contributed by atoms with Crippen LogP contribution in [0.15, 0.2) is 30.5 Å². The Balaban J connectivity index is 1.44. The molecule has 21 heteroatoms. The second-order valence-corrected chi connectivity index (χ2v) is 21.9. The van der Waals surface area contributed by atoms with Crippen LogP contribution in [-0.2, 0) is 50.9 Å². The number of esters is 1. The number of cyclic esters (lactones) is 1. The van der Waals surface area contributed by atoms with E-state index in [0.29, 0.717) is 31.6 Å². The van der Waals surface area contributed by atoms with E-state index in [2.05, 4.69) is 10.3 Å². The highest BCUT2D eigenvalue weighted by Crippen LogP contribution is 2.40. The first-order valence-electron chi connectivity index (χ1n) is 25.5. The fourth-order valence-corrected chi connectivity index (χ4v) is 11.1. The van der Waals surface area contributed by atoms with Gasteiger partial charge in [-0.3, -0.25) is 19.7 Å². The number of benzene rings is 1. The van der Waals surface area contributed by atoms with Gasteiger partial charge in [-0.1, -0.05) is 38.1 Å². The van der Waals surface area contributed by atoms with E-state index in [1.807, 2.05) is 37.7 Å². The summed E-state index contributed by atoms with van der Waals surface area (Å²) in [5.41, 5.74) is -3.33. The largest absolute Gasteiger partial charge is 0.459 e. The number of rotatable bonds is 15. The quantitative estimate of drug-likeness (QED) is 0.0972. The molecule has 0 amide bonds. The van der Waals surface area contributed by atoms with E-state index in [1.54, 1.807) is 66.8 Å². The van der Waals surface area contributed by atoms with Crippen LogP contribution in [0.3, 0.4) is 0 Å². The van der Waals surface area contributed by atoms with Crippen LogP contribution in [0.5, 0.6) is 0 Å². The van der Waals surface area contributed by atoms with Crippen molar-refractivity contribution in [3.63, 3.8) is 0 Å². The fourth-order valence-electron chi connectivity index (χ4n) is 11.1. The lowest BCUT2D eigenvalue weighted by Crippen LogP contribution is -2.61. The first-order chi connectivity index (χ1) is 33.5. The van der Waals surface area contributed by atoms with Gasteiger partial charge in [0.25, 0.3) is 5.69 Å². The molecule has 3 saturated heterocycles. The number of non-ortho nitro benzene ring substituents is 1. The van der Waals surface area contributed by atoms with Crippen LogP contribution in [0, 0.1) is 27.9 Å². The highest BCUT2D eigenvalue weighted by atomic mass is 16.7. The molecule has 2 aromatic rings. The minimum Gasteiger partial charge on any atom is -0.459 e. The maximum absolute atomic E-state index is 14.5. The molecule has 1 aromatic heterocycles. The summed E-state index contributed by atoms with van der Waals surface area (Å²) in [4.78, 5) is 41.8. The molecule has 3 aliphatic heterocycles. The Hall–Kier alpha value is -3.58. The van der Waals surface area contributed by atoms with Gasteiger partial charge >= 0.3 is 5.97 Å². The predicted molar refractivity (Wildman–Crippen MR) is 263 cm³/mol. The first-order valence-corrected chi connectivity index (χ1v) is 25.5. The van der Waals surface area contributed by atoms with Gasteiger partial charge in [0.2, 0.25) is 0 Å². The number of nitro benzene ring substituents is 1. The molecular weight excluding hydrogens is 937 g/mol. The summed E-state index contributed by atoms with van der Waals surface area (Å²) in [5, 5.41) is 79.5. The van der Waals surface area contributed by atoms with Gasteiger partial charge in [0.1, 0.15) is 36.1 Å². The molecular formula is C51H84N6O15. The second kappa shape index (κ2) is 24.4. The average molecular weight is 1020 g/mol. The number of ketones is 1. The van der Waals surface area contributed by atoms with Crippen LogP contribution < -0.4 is 0 Å². The van der Waals surface area contributed by atoms with Gasteiger partial charge in [0.15, 0.2) is 18.4 Å². The zero-order valence-corrected chi connectivity index (χ0v) is 44.8. The number of carbonyl (C=O) groups excluding carboxylic acids is 2. The molecule has 21 nitrogen and oxygen atoms in total. The summed E-state index contributed by atoms with van der Waals surface area (Å²) < 4.78 is 39.7. The molecule has 72 heavy (non-hydrogen) atoms. The zero-order chi connectivity index (χ0) is 53.8. The van der Waals surface area contributed by atoms with Crippen molar-refractivity contribution in [1.29, 1.82) is 0 Å². The monoisotopic (exact) mass is 1020 g/mol. The number of aromatic nitrogens is 3. The smallest absolute Gasteiger partial charge is 0.311 e. The molecule has 1 aromatic carbocycles. The Labute approximate surface area is 424 Å². The van der Waals surface area contributed by atoms with Crippen molar-refractivity contribution in [2.75, 3.05) is 34.3 Å². The van der Waals surface area contributed by atoms with Gasteiger partial charge in [-0.25, -0.2) is 4.68 Å². The van der Waals surface area contributed by atoms with Crippen molar-refractivity contribution in [1.82, 2.24) is 24.8 Å². The number of aliphatic hydroxyl groups excluding tert-OH is 3. The molecule has 0 saturated carbocycles. The van der Waals surface area contributed by atoms with Crippen molar-refractivity contribution >= 4 is 17.4 Å². The van der Waals surface area contributed by atoms with Crippen molar-refractivity contribution in [2.45, 2.75) is 211 Å². The summed E-state index contributed by atoms with van der Waals surface area (Å²) in [6.07, 6.45) is -7.20. The minimum absolute atomic E-state index is 0.0475. The summed E-state index contributed by atoms with van der Waals surface area (Å²) >= 11 is 0. The summed E-state index contributed by atoms with van der Waals surface area (Å²) in [6.45, 7) is 19.6. The highest BCUT2D eigenvalue weighted by Gasteiger charge is 2.53. The van der Waals surface area contributed by atoms with E-state index in [9.17, 15) is 45.2 Å². The third-order valence-corrected chi connectivity index (χ3v) is 15.8. The van der Waals surface area contributed by atoms with E-state index in [0.717, 1.165) is 5.56 Å². The number of aliphatic hydroxyl groups is 5. The number of methoxy groups -OCH3 is 1. The number of hydrogen-bond acceptors (Lipinski definition) is 19. The van der Waals surface area contributed by atoms with E-state index in [1.165, 1.54) is 37.8 Å². The van der Waals surface area contributed by atoms with E-state index >= 15 is 0 Å². The Bertz CT molecular complexity index is 2090. The van der Waals surface area contributed by atoms with Crippen molar-refractivity contribution in [3.8, 4) is 0 Å². The zero-order valence-electron chi connectivity index (χ0n) is 44.8. The Morgan fingerprint density at radius 2 is 1.67 bits per heavy atom. The molecule has 5 rings (SSSR count). The molecule has 5 N–H and O–H groups in total. The van der Waals surface area contributed by atoms with E-state index in [-0.39, 0.29) is 43.1 Å². The molecule has 0 radical (unpaired) electrons. The SMILES string of the molecule is CC[C@H]1OC(=O)[C@H](C)[C@@H](O[C@H]2C[C@@](C)(OC)[C@@H](O)[C@H](C)O2)[C@H](C)[C@@H](O[C@@H]2O[C@H](C)C[C@H](N(C)CCc3cn([C@@H](Cc4ccc([N+](=O)[O-])cc4)C(C)=O)nn3)[C@H]2O)[C@](C)(O)C[C@@H](C)CN(C)[C@H](C)[C@@H](O)[C@]1(C)O. The maximum Gasteiger partial charge on any atom is 0.311 e. The number of likely N-dealkylation sites (N-methyl/N-ethyl adjacent to an activating group) is 2. The Kier molecular flexibility index (Phi) is 20.1. The lowest BCUT2D eigenvalue weighted by Gasteiger charge is -2.49. The number of ether oxygens (including phenoxy) is 6. The molecule has 0 bridgehead atoms. The van der Waals surface area contributed by atoms with Gasteiger partial charge in [-0.2, -0.15) is 0 Å². The van der Waals surface area contributed by atoms with E-state index < -0.39 is 119 Å². The fraction of sp³-hybridized carbons (Fsp3) is 0.804. The normalized spacial score (nSPS) is 39.4. The topological polar surface area (TPSA) is 271 Å². The molecule has 4 heterocycles. The summed E-state index contributed by atoms with van der Waals surface area (Å²) in [6, 6.07) is 4.25. The van der Waals surface area contributed by atoms with Crippen molar-refractivity contribution in [3.05, 3.63) is 51.8 Å². The number of Topliss-reactive ketones (excluding diaryl/α,β-unsaturated/α-hetero) is 1. The second-order valence-electron chi connectivity index (χ2n) is 21.9. The number of carbonyl (C=O) groups is 2. The number of nitrogens with zero attached hydrogens (tertiary/aromatic N) is 6. The Morgan fingerprint density at radius 1 is 1.01 bits per heavy atom. The molecule has 408 valence electrons. The highest BCUT2D eigenvalue weighted by molar-refractivity contribution is 5.80. The molecule has 0 spiro atoms. The van der Waals surface area contributed by atoms with Gasteiger partial charge in [-0.05, 0) is 100 Å². The van der Waals surface area contributed by atoms with Gasteiger partial charge in [0, 0.05) is 75.8 Å². The van der Waals surface area contributed by atoms with Gasteiger partial charge < -0.3 is 63.8 Å². The van der Waals surface area contributed by atoms with Crippen molar-refractivity contribution < 1.29 is 68.5 Å². The minimum atomic E-state index is -1.86. The van der Waals surface area contributed by atoms with Crippen molar-refractivity contribution in [2.24, 2.45) is 17.8 Å². The summed E-state index contributed by atoms with van der Waals surface area (Å²) in [5.74, 6) is -3.06.